The van der Waals surface area contributed by atoms with Crippen LogP contribution in [0.25, 0.3) is 0 Å². The number of urea groups is 1. The van der Waals surface area contributed by atoms with Crippen molar-refractivity contribution in [1.82, 2.24) is 0 Å². The average Bonchev–Trinajstić information content (AvgIpc) is 2.16. The number of nitrogens with zero attached hydrogens (tertiary/aromatic N) is 1. The maximum Gasteiger partial charge on any atom is 0.318 e. The summed E-state index contributed by atoms with van der Waals surface area (Å²) in [5, 5.41) is 0. The predicted octanol–water partition coefficient (Wildman–Crippen LogP) is 1.21. The lowest BCUT2D eigenvalue weighted by Crippen LogP contribution is -2.31. The fourth-order valence-electron chi connectivity index (χ4n) is 0.946. The van der Waals surface area contributed by atoms with Gasteiger partial charge >= 0.3 is 6.03 Å². The van der Waals surface area contributed by atoms with Crippen LogP contribution in [0.2, 0.25) is 0 Å². The van der Waals surface area contributed by atoms with Gasteiger partial charge in [-0.3, -0.25) is 4.90 Å². The Hall–Kier alpha value is -1.71. The lowest BCUT2D eigenvalue weighted by Gasteiger charge is -2.14. The summed E-state index contributed by atoms with van der Waals surface area (Å²) in [6, 6.07) is 6.64. The van der Waals surface area contributed by atoms with Crippen LogP contribution >= 0.6 is 0 Å². The SMILES string of the molecule is COc1cccc(N(C)C(N)=O)c1. The van der Waals surface area contributed by atoms with Gasteiger partial charge in [0.25, 0.3) is 0 Å². The summed E-state index contributed by atoms with van der Waals surface area (Å²) in [5.41, 5.74) is 5.82. The van der Waals surface area contributed by atoms with Crippen LogP contribution in [-0.2, 0) is 0 Å². The Kier molecular flexibility index (Phi) is 2.74. The fraction of sp³-hybridized carbons (Fsp3) is 0.222. The van der Waals surface area contributed by atoms with E-state index in [9.17, 15) is 4.79 Å². The van der Waals surface area contributed by atoms with Gasteiger partial charge in [0.1, 0.15) is 5.75 Å². The third kappa shape index (κ3) is 2.11. The predicted molar refractivity (Wildman–Crippen MR) is 51.0 cm³/mol. The number of benzene rings is 1. The molecule has 2 N–H and O–H groups in total. The van der Waals surface area contributed by atoms with Crippen molar-refractivity contribution >= 4 is 11.7 Å². The van der Waals surface area contributed by atoms with Crippen molar-refractivity contribution in [3.05, 3.63) is 24.3 Å². The van der Waals surface area contributed by atoms with E-state index in [-0.39, 0.29) is 0 Å². The van der Waals surface area contributed by atoms with Gasteiger partial charge in [-0.2, -0.15) is 0 Å². The van der Waals surface area contributed by atoms with E-state index in [1.165, 1.54) is 4.90 Å². The van der Waals surface area contributed by atoms with Crippen LogP contribution in [0.1, 0.15) is 0 Å². The zero-order valence-corrected chi connectivity index (χ0v) is 7.65. The molecule has 1 aromatic carbocycles. The molecule has 1 rings (SSSR count). The number of anilines is 1. The zero-order valence-electron chi connectivity index (χ0n) is 7.65. The molecule has 0 unspecified atom stereocenters. The highest BCUT2D eigenvalue weighted by Crippen LogP contribution is 2.19. The second kappa shape index (κ2) is 3.80. The number of ether oxygens (including phenoxy) is 1. The van der Waals surface area contributed by atoms with Crippen molar-refractivity contribution in [3.63, 3.8) is 0 Å². The van der Waals surface area contributed by atoms with Crippen molar-refractivity contribution < 1.29 is 9.53 Å². The summed E-state index contributed by atoms with van der Waals surface area (Å²) in [6.45, 7) is 0. The van der Waals surface area contributed by atoms with Crippen LogP contribution in [0.15, 0.2) is 24.3 Å². The van der Waals surface area contributed by atoms with E-state index < -0.39 is 6.03 Å². The number of amides is 2. The second-order valence-corrected chi connectivity index (χ2v) is 2.60. The van der Waals surface area contributed by atoms with Crippen LogP contribution in [0, 0.1) is 0 Å². The molecule has 0 spiro atoms. The lowest BCUT2D eigenvalue weighted by atomic mass is 10.3. The van der Waals surface area contributed by atoms with E-state index >= 15 is 0 Å². The van der Waals surface area contributed by atoms with Gasteiger partial charge in [-0.15, -0.1) is 0 Å². The van der Waals surface area contributed by atoms with Crippen molar-refractivity contribution in [2.24, 2.45) is 5.73 Å². The molecule has 0 saturated carbocycles. The first-order valence-corrected chi connectivity index (χ1v) is 3.82. The molecule has 0 radical (unpaired) electrons. The van der Waals surface area contributed by atoms with Crippen LogP contribution in [0.3, 0.4) is 0 Å². The molecule has 0 aliphatic heterocycles. The molecule has 1 aromatic rings. The quantitative estimate of drug-likeness (QED) is 0.743. The van der Waals surface area contributed by atoms with Crippen LogP contribution in [0.4, 0.5) is 10.5 Å². The van der Waals surface area contributed by atoms with E-state index in [0.29, 0.717) is 11.4 Å². The number of hydrogen-bond acceptors (Lipinski definition) is 2. The van der Waals surface area contributed by atoms with Gasteiger partial charge in [-0.25, -0.2) is 4.79 Å². The van der Waals surface area contributed by atoms with Crippen LogP contribution < -0.4 is 15.4 Å². The van der Waals surface area contributed by atoms with Crippen molar-refractivity contribution in [1.29, 1.82) is 0 Å². The molecule has 70 valence electrons. The largest absolute Gasteiger partial charge is 0.497 e. The fourth-order valence-corrected chi connectivity index (χ4v) is 0.946. The zero-order chi connectivity index (χ0) is 9.84. The molecule has 0 atom stereocenters. The number of hydrogen-bond donors (Lipinski definition) is 1. The highest BCUT2D eigenvalue weighted by Gasteiger charge is 2.05. The topological polar surface area (TPSA) is 55.6 Å². The molecular formula is C9H12N2O2. The van der Waals surface area contributed by atoms with Crippen molar-refractivity contribution in [2.45, 2.75) is 0 Å². The van der Waals surface area contributed by atoms with Gasteiger partial charge in [0.05, 0.1) is 7.11 Å². The van der Waals surface area contributed by atoms with Gasteiger partial charge in [0.15, 0.2) is 0 Å². The Bertz CT molecular complexity index is 312. The molecule has 13 heavy (non-hydrogen) atoms. The highest BCUT2D eigenvalue weighted by atomic mass is 16.5. The van der Waals surface area contributed by atoms with Crippen molar-refractivity contribution in [2.75, 3.05) is 19.1 Å². The Morgan fingerprint density at radius 2 is 2.23 bits per heavy atom. The standard InChI is InChI=1S/C9H12N2O2/c1-11(9(10)12)7-4-3-5-8(6-7)13-2/h3-6H,1-2H3,(H2,10,12). The number of methoxy groups -OCH3 is 1. The molecule has 0 fully saturated rings. The van der Waals surface area contributed by atoms with E-state index in [4.69, 9.17) is 10.5 Å². The van der Waals surface area contributed by atoms with Crippen LogP contribution in [0.5, 0.6) is 5.75 Å². The van der Waals surface area contributed by atoms with Crippen molar-refractivity contribution in [3.8, 4) is 5.75 Å². The average molecular weight is 180 g/mol. The van der Waals surface area contributed by atoms with E-state index in [1.54, 1.807) is 38.4 Å². The molecule has 2 amide bonds. The molecule has 0 aromatic heterocycles. The molecule has 0 aliphatic rings. The smallest absolute Gasteiger partial charge is 0.318 e. The summed E-state index contributed by atoms with van der Waals surface area (Å²) in [6.07, 6.45) is 0. The molecular weight excluding hydrogens is 168 g/mol. The molecule has 0 saturated heterocycles. The molecule has 4 heteroatoms. The Labute approximate surface area is 76.9 Å². The monoisotopic (exact) mass is 180 g/mol. The third-order valence-corrected chi connectivity index (χ3v) is 1.77. The second-order valence-electron chi connectivity index (χ2n) is 2.60. The first-order chi connectivity index (χ1) is 6.15. The van der Waals surface area contributed by atoms with Gasteiger partial charge in [-0.1, -0.05) is 6.07 Å². The summed E-state index contributed by atoms with van der Waals surface area (Å²) in [7, 11) is 3.18. The first-order valence-electron chi connectivity index (χ1n) is 3.82. The normalized spacial score (nSPS) is 9.38. The summed E-state index contributed by atoms with van der Waals surface area (Å²) in [4.78, 5) is 12.2. The maximum absolute atomic E-state index is 10.8. The Morgan fingerprint density at radius 3 is 2.77 bits per heavy atom. The third-order valence-electron chi connectivity index (χ3n) is 1.77. The van der Waals surface area contributed by atoms with E-state index in [0.717, 1.165) is 0 Å². The highest BCUT2D eigenvalue weighted by molar-refractivity contribution is 5.90. The minimum atomic E-state index is -0.492. The van der Waals surface area contributed by atoms with E-state index in [1.807, 2.05) is 0 Å². The summed E-state index contributed by atoms with van der Waals surface area (Å²) < 4.78 is 5.01. The number of nitrogens with two attached hydrogens (primary N) is 1. The number of rotatable bonds is 2. The lowest BCUT2D eigenvalue weighted by molar-refractivity contribution is 0.255. The molecule has 0 aliphatic carbocycles. The molecule has 4 nitrogen and oxygen atoms in total. The van der Waals surface area contributed by atoms with Crippen LogP contribution in [-0.4, -0.2) is 20.2 Å². The number of carbonyl (C=O) groups excluding carboxylic acids is 1. The maximum atomic E-state index is 10.8. The first kappa shape index (κ1) is 9.38. The summed E-state index contributed by atoms with van der Waals surface area (Å²) in [5.74, 6) is 0.700. The Morgan fingerprint density at radius 1 is 1.54 bits per heavy atom. The number of primary amides is 1. The Balaban J connectivity index is 2.94. The van der Waals surface area contributed by atoms with E-state index in [2.05, 4.69) is 0 Å². The van der Waals surface area contributed by atoms with Gasteiger partial charge in [0, 0.05) is 18.8 Å². The minimum Gasteiger partial charge on any atom is -0.497 e. The summed E-state index contributed by atoms with van der Waals surface area (Å²) >= 11 is 0. The van der Waals surface area contributed by atoms with Gasteiger partial charge in [-0.05, 0) is 12.1 Å². The molecule has 0 bridgehead atoms. The molecule has 0 heterocycles. The number of carbonyl (C=O) groups is 1. The van der Waals surface area contributed by atoms with Gasteiger partial charge in [0.2, 0.25) is 0 Å². The van der Waals surface area contributed by atoms with Gasteiger partial charge < -0.3 is 10.5 Å². The minimum absolute atomic E-state index is 0.492.